The van der Waals surface area contributed by atoms with Gasteiger partial charge in [0.2, 0.25) is 11.8 Å². The standard InChI is InChI=1S/C38H59N3O2/c1-5-7-8-9-10-11-12-13-14-15-16-17-18-19-24-31(4)39-38(43)37(30(3)6-2)40-36(42)29-41-34-27-22-20-25-32(34)33-26-21-23-28-35(33)41/h20-23,25-28,30-31,37H,5-19,24,29H2,1-4H3,(H,39,43)(H,40,42)/t30?,31?,37-/m1/s1. The van der Waals surface area contributed by atoms with E-state index in [0.717, 1.165) is 41.1 Å². The average Bonchev–Trinajstić information content (AvgIpc) is 3.32. The monoisotopic (exact) mass is 589 g/mol. The molecule has 0 radical (unpaired) electrons. The first-order valence-corrected chi connectivity index (χ1v) is 17.5. The summed E-state index contributed by atoms with van der Waals surface area (Å²) >= 11 is 0. The van der Waals surface area contributed by atoms with Crippen molar-refractivity contribution in [3.63, 3.8) is 0 Å². The summed E-state index contributed by atoms with van der Waals surface area (Å²) in [6.07, 6.45) is 20.7. The molecule has 1 aromatic heterocycles. The molecule has 2 unspecified atom stereocenters. The third-order valence-electron chi connectivity index (χ3n) is 9.17. The Balaban J connectivity index is 1.37. The van der Waals surface area contributed by atoms with Crippen LogP contribution in [0.4, 0.5) is 0 Å². The van der Waals surface area contributed by atoms with Crippen molar-refractivity contribution in [2.45, 2.75) is 149 Å². The highest BCUT2D eigenvalue weighted by Gasteiger charge is 2.27. The Morgan fingerprint density at radius 2 is 1.12 bits per heavy atom. The molecule has 0 aliphatic carbocycles. The lowest BCUT2D eigenvalue weighted by molar-refractivity contribution is -0.130. The van der Waals surface area contributed by atoms with E-state index < -0.39 is 6.04 Å². The molecule has 43 heavy (non-hydrogen) atoms. The van der Waals surface area contributed by atoms with Crippen molar-refractivity contribution in [2.24, 2.45) is 5.92 Å². The molecule has 0 aliphatic rings. The van der Waals surface area contributed by atoms with Crippen LogP contribution in [-0.4, -0.2) is 28.5 Å². The van der Waals surface area contributed by atoms with Crippen molar-refractivity contribution < 1.29 is 9.59 Å². The van der Waals surface area contributed by atoms with Crippen LogP contribution in [0.15, 0.2) is 48.5 Å². The molecule has 5 nitrogen and oxygen atoms in total. The number of rotatable bonds is 22. The van der Waals surface area contributed by atoms with Crippen molar-refractivity contribution in [1.82, 2.24) is 15.2 Å². The topological polar surface area (TPSA) is 63.1 Å². The Bertz CT molecular complexity index is 1180. The second kappa shape index (κ2) is 19.5. The van der Waals surface area contributed by atoms with Crippen molar-refractivity contribution in [3.8, 4) is 0 Å². The average molecular weight is 590 g/mol. The molecule has 3 atom stereocenters. The summed E-state index contributed by atoms with van der Waals surface area (Å²) in [5.74, 6) is -0.148. The normalized spacial score (nSPS) is 13.7. The van der Waals surface area contributed by atoms with E-state index in [2.05, 4.69) is 60.2 Å². The van der Waals surface area contributed by atoms with Crippen molar-refractivity contribution in [2.75, 3.05) is 0 Å². The zero-order valence-corrected chi connectivity index (χ0v) is 27.6. The Kier molecular flexibility index (Phi) is 15.7. The lowest BCUT2D eigenvalue weighted by Crippen LogP contribution is -2.52. The molecule has 0 saturated heterocycles. The van der Waals surface area contributed by atoms with Crippen molar-refractivity contribution in [1.29, 1.82) is 0 Å². The molecule has 0 bridgehead atoms. The molecule has 0 saturated carbocycles. The number of unbranched alkanes of at least 4 members (excludes halogenated alkanes) is 13. The molecule has 2 aromatic carbocycles. The van der Waals surface area contributed by atoms with Crippen LogP contribution in [0.25, 0.3) is 21.8 Å². The molecule has 0 fully saturated rings. The number of benzene rings is 2. The van der Waals surface area contributed by atoms with Gasteiger partial charge in [0.15, 0.2) is 0 Å². The molecule has 0 spiro atoms. The maximum atomic E-state index is 13.3. The van der Waals surface area contributed by atoms with Gasteiger partial charge in [0.25, 0.3) is 0 Å². The van der Waals surface area contributed by atoms with E-state index in [4.69, 9.17) is 0 Å². The summed E-state index contributed by atoms with van der Waals surface area (Å²) in [4.78, 5) is 26.7. The van der Waals surface area contributed by atoms with Crippen LogP contribution in [0, 0.1) is 5.92 Å². The summed E-state index contributed by atoms with van der Waals surface area (Å²) in [5.41, 5.74) is 2.07. The minimum atomic E-state index is -0.538. The minimum absolute atomic E-state index is 0.0513. The predicted molar refractivity (Wildman–Crippen MR) is 183 cm³/mol. The fourth-order valence-electron chi connectivity index (χ4n) is 6.29. The van der Waals surface area contributed by atoms with E-state index in [0.29, 0.717) is 0 Å². The van der Waals surface area contributed by atoms with E-state index in [9.17, 15) is 9.59 Å². The van der Waals surface area contributed by atoms with Gasteiger partial charge in [-0.15, -0.1) is 0 Å². The lowest BCUT2D eigenvalue weighted by Gasteiger charge is -2.26. The number of hydrogen-bond donors (Lipinski definition) is 2. The van der Waals surface area contributed by atoms with Gasteiger partial charge in [-0.25, -0.2) is 0 Å². The SMILES string of the molecule is CCCCCCCCCCCCCCCCC(C)NC(=O)[C@H](NC(=O)Cn1c2ccccc2c2ccccc21)C(C)CC. The van der Waals surface area contributed by atoms with Crippen LogP contribution >= 0.6 is 0 Å². The molecular weight excluding hydrogens is 530 g/mol. The Morgan fingerprint density at radius 3 is 1.60 bits per heavy atom. The maximum absolute atomic E-state index is 13.3. The van der Waals surface area contributed by atoms with Crippen LogP contribution < -0.4 is 10.6 Å². The number of fused-ring (bicyclic) bond motifs is 3. The summed E-state index contributed by atoms with van der Waals surface area (Å²) in [5, 5.41) is 8.57. The van der Waals surface area contributed by atoms with Gasteiger partial charge in [-0.2, -0.15) is 0 Å². The maximum Gasteiger partial charge on any atom is 0.243 e. The molecule has 3 aromatic rings. The number of hydrogen-bond acceptors (Lipinski definition) is 2. The molecule has 0 aliphatic heterocycles. The summed E-state index contributed by atoms with van der Waals surface area (Å²) in [6, 6.07) is 15.9. The van der Waals surface area contributed by atoms with Gasteiger partial charge < -0.3 is 15.2 Å². The highest BCUT2D eigenvalue weighted by molar-refractivity contribution is 6.08. The highest BCUT2D eigenvalue weighted by atomic mass is 16.2. The zero-order chi connectivity index (χ0) is 30.9. The summed E-state index contributed by atoms with van der Waals surface area (Å²) < 4.78 is 2.06. The Morgan fingerprint density at radius 1 is 0.651 bits per heavy atom. The van der Waals surface area contributed by atoms with Gasteiger partial charge >= 0.3 is 0 Å². The highest BCUT2D eigenvalue weighted by Crippen LogP contribution is 2.28. The molecule has 2 N–H and O–H groups in total. The third kappa shape index (κ3) is 11.3. The Hall–Kier alpha value is -2.82. The van der Waals surface area contributed by atoms with Gasteiger partial charge in [0, 0.05) is 27.8 Å². The van der Waals surface area contributed by atoms with E-state index in [1.54, 1.807) is 0 Å². The number of amides is 2. The van der Waals surface area contributed by atoms with E-state index in [1.165, 1.54) is 83.5 Å². The Labute approximate surface area is 261 Å². The van der Waals surface area contributed by atoms with Crippen LogP contribution in [0.2, 0.25) is 0 Å². The zero-order valence-electron chi connectivity index (χ0n) is 27.6. The summed E-state index contributed by atoms with van der Waals surface area (Å²) in [6.45, 7) is 8.67. The quantitative estimate of drug-likeness (QED) is 0.115. The minimum Gasteiger partial charge on any atom is -0.352 e. The fraction of sp³-hybridized carbons (Fsp3) is 0.632. The first-order valence-electron chi connectivity index (χ1n) is 17.5. The van der Waals surface area contributed by atoms with Gasteiger partial charge in [0.1, 0.15) is 12.6 Å². The number of carbonyl (C=O) groups is 2. The first-order chi connectivity index (χ1) is 21.0. The van der Waals surface area contributed by atoms with Gasteiger partial charge in [-0.3, -0.25) is 9.59 Å². The van der Waals surface area contributed by atoms with Crippen LogP contribution in [-0.2, 0) is 16.1 Å². The molecule has 1 heterocycles. The second-order valence-corrected chi connectivity index (χ2v) is 12.8. The van der Waals surface area contributed by atoms with Crippen molar-refractivity contribution >= 4 is 33.6 Å². The lowest BCUT2D eigenvalue weighted by atomic mass is 9.97. The van der Waals surface area contributed by atoms with Gasteiger partial charge in [0.05, 0.1) is 0 Å². The van der Waals surface area contributed by atoms with Gasteiger partial charge in [-0.05, 0) is 31.4 Å². The number of nitrogens with one attached hydrogen (secondary N) is 2. The van der Waals surface area contributed by atoms with E-state index in [-0.39, 0.29) is 30.3 Å². The molecule has 3 rings (SSSR count). The summed E-state index contributed by atoms with van der Waals surface area (Å²) in [7, 11) is 0. The van der Waals surface area contributed by atoms with Crippen molar-refractivity contribution in [3.05, 3.63) is 48.5 Å². The number of nitrogens with zero attached hydrogens (tertiary/aromatic N) is 1. The van der Waals surface area contributed by atoms with Crippen LogP contribution in [0.5, 0.6) is 0 Å². The molecular formula is C38H59N3O2. The number of carbonyl (C=O) groups excluding carboxylic acids is 2. The third-order valence-corrected chi connectivity index (χ3v) is 9.17. The molecule has 2 amide bonds. The predicted octanol–water partition coefficient (Wildman–Crippen LogP) is 9.70. The van der Waals surface area contributed by atoms with Crippen LogP contribution in [0.1, 0.15) is 130 Å². The number of aromatic nitrogens is 1. The molecule has 5 heteroatoms. The fourth-order valence-corrected chi connectivity index (χ4v) is 6.29. The second-order valence-electron chi connectivity index (χ2n) is 12.8. The largest absolute Gasteiger partial charge is 0.352 e. The van der Waals surface area contributed by atoms with Crippen LogP contribution in [0.3, 0.4) is 0 Å². The van der Waals surface area contributed by atoms with E-state index in [1.807, 2.05) is 31.2 Å². The first kappa shape index (κ1) is 34.7. The number of para-hydroxylation sites is 2. The smallest absolute Gasteiger partial charge is 0.243 e. The molecule has 238 valence electrons. The van der Waals surface area contributed by atoms with E-state index >= 15 is 0 Å². The van der Waals surface area contributed by atoms with Gasteiger partial charge in [-0.1, -0.05) is 153 Å².